The molecule has 0 radical (unpaired) electrons. The molecule has 6 nitrogen and oxygen atoms in total. The molecule has 1 amide bonds. The third kappa shape index (κ3) is 4.10. The highest BCUT2D eigenvalue weighted by atomic mass is 32.2. The molecule has 1 aliphatic heterocycles. The summed E-state index contributed by atoms with van der Waals surface area (Å²) < 4.78 is 41.2. The number of sulfonamides is 1. The lowest BCUT2D eigenvalue weighted by Crippen LogP contribution is -2.43. The van der Waals surface area contributed by atoms with Gasteiger partial charge in [-0.15, -0.1) is 0 Å². The number of piperidine rings is 1. The van der Waals surface area contributed by atoms with E-state index in [9.17, 15) is 17.6 Å². The van der Waals surface area contributed by atoms with Crippen LogP contribution in [-0.2, 0) is 14.8 Å². The first-order valence-electron chi connectivity index (χ1n) is 9.68. The van der Waals surface area contributed by atoms with E-state index in [1.807, 2.05) is 19.9 Å². The van der Waals surface area contributed by atoms with Gasteiger partial charge >= 0.3 is 0 Å². The van der Waals surface area contributed by atoms with Crippen LogP contribution in [0.15, 0.2) is 41.3 Å². The first-order valence-corrected chi connectivity index (χ1v) is 11.9. The van der Waals surface area contributed by atoms with Crippen molar-refractivity contribution in [2.45, 2.75) is 31.6 Å². The van der Waals surface area contributed by atoms with Gasteiger partial charge in [0.1, 0.15) is 5.82 Å². The number of benzene rings is 2. The van der Waals surface area contributed by atoms with E-state index in [0.29, 0.717) is 24.5 Å². The highest BCUT2D eigenvalue weighted by Gasteiger charge is 2.33. The fourth-order valence-corrected chi connectivity index (χ4v) is 6.21. The lowest BCUT2D eigenvalue weighted by molar-refractivity contribution is -0.120. The third-order valence-electron chi connectivity index (χ3n) is 5.26. The average molecular weight is 448 g/mol. The van der Waals surface area contributed by atoms with E-state index in [2.05, 4.69) is 16.4 Å². The second-order valence-electron chi connectivity index (χ2n) is 7.59. The zero-order valence-corrected chi connectivity index (χ0v) is 18.3. The van der Waals surface area contributed by atoms with Gasteiger partial charge in [0.05, 0.1) is 21.0 Å². The molecular weight excluding hydrogens is 425 g/mol. The van der Waals surface area contributed by atoms with Gasteiger partial charge in [0.25, 0.3) is 0 Å². The number of nitrogens with zero attached hydrogens (tertiary/aromatic N) is 2. The van der Waals surface area contributed by atoms with Gasteiger partial charge in [0.15, 0.2) is 5.13 Å². The van der Waals surface area contributed by atoms with Gasteiger partial charge in [0, 0.05) is 13.1 Å². The maximum Gasteiger partial charge on any atom is 0.243 e. The van der Waals surface area contributed by atoms with Crippen LogP contribution in [0.2, 0.25) is 0 Å². The Balaban J connectivity index is 1.50. The number of aryl methyl sites for hydroxylation is 2. The van der Waals surface area contributed by atoms with E-state index in [0.717, 1.165) is 33.5 Å². The largest absolute Gasteiger partial charge is 0.302 e. The van der Waals surface area contributed by atoms with Crippen molar-refractivity contribution >= 4 is 42.6 Å². The normalized spacial score (nSPS) is 17.9. The lowest BCUT2D eigenvalue weighted by atomic mass is 9.99. The van der Waals surface area contributed by atoms with Gasteiger partial charge in [-0.3, -0.25) is 4.79 Å². The van der Waals surface area contributed by atoms with Gasteiger partial charge in [-0.2, -0.15) is 4.31 Å². The van der Waals surface area contributed by atoms with E-state index in [4.69, 9.17) is 0 Å². The number of anilines is 1. The number of carbonyl (C=O) groups excluding carboxylic acids is 1. The molecule has 1 aliphatic rings. The minimum absolute atomic E-state index is 0.0296. The zero-order chi connectivity index (χ0) is 21.5. The van der Waals surface area contributed by atoms with E-state index >= 15 is 0 Å². The minimum Gasteiger partial charge on any atom is -0.302 e. The quantitative estimate of drug-likeness (QED) is 0.653. The number of hydrogen-bond donors (Lipinski definition) is 1. The van der Waals surface area contributed by atoms with Crippen molar-refractivity contribution in [3.05, 3.63) is 53.3 Å². The number of halogens is 1. The van der Waals surface area contributed by atoms with Gasteiger partial charge in [-0.1, -0.05) is 17.4 Å². The number of hydrogen-bond acceptors (Lipinski definition) is 5. The number of thiazole rings is 1. The zero-order valence-electron chi connectivity index (χ0n) is 16.7. The molecule has 1 aromatic heterocycles. The van der Waals surface area contributed by atoms with Crippen molar-refractivity contribution in [1.82, 2.24) is 9.29 Å². The molecule has 3 aromatic rings. The van der Waals surface area contributed by atoms with Crippen LogP contribution in [0, 0.1) is 25.6 Å². The van der Waals surface area contributed by atoms with Gasteiger partial charge < -0.3 is 5.32 Å². The van der Waals surface area contributed by atoms with Crippen molar-refractivity contribution in [2.75, 3.05) is 18.4 Å². The molecule has 0 spiro atoms. The van der Waals surface area contributed by atoms with Crippen LogP contribution in [0.25, 0.3) is 10.2 Å². The van der Waals surface area contributed by atoms with Gasteiger partial charge in [0.2, 0.25) is 15.9 Å². The standard InChI is InChI=1S/C21H22FN3O3S2/c1-13-10-14(2)19-18(11-13)23-21(29-19)24-20(26)15-4-3-9-25(12-15)30(27,28)17-7-5-16(22)6-8-17/h5-8,10-11,15H,3-4,9,12H2,1-2H3,(H,23,24,26). The fraction of sp³-hybridized carbons (Fsp3) is 0.333. The number of nitrogens with one attached hydrogen (secondary N) is 1. The van der Waals surface area contributed by atoms with Crippen molar-refractivity contribution in [2.24, 2.45) is 5.92 Å². The Hall–Kier alpha value is -2.36. The van der Waals surface area contributed by atoms with Crippen LogP contribution < -0.4 is 5.32 Å². The van der Waals surface area contributed by atoms with Crippen LogP contribution >= 0.6 is 11.3 Å². The average Bonchev–Trinajstić information content (AvgIpc) is 3.11. The van der Waals surface area contributed by atoms with E-state index in [1.165, 1.54) is 27.8 Å². The Labute approximate surface area is 178 Å². The third-order valence-corrected chi connectivity index (χ3v) is 8.26. The second kappa shape index (κ2) is 8.05. The maximum absolute atomic E-state index is 13.1. The molecule has 158 valence electrons. The van der Waals surface area contributed by atoms with E-state index in [1.54, 1.807) is 0 Å². The Morgan fingerprint density at radius 1 is 1.23 bits per heavy atom. The van der Waals surface area contributed by atoms with Crippen LogP contribution in [-0.4, -0.2) is 36.7 Å². The molecule has 1 N–H and O–H groups in total. The first kappa shape index (κ1) is 20.9. The number of fused-ring (bicyclic) bond motifs is 1. The minimum atomic E-state index is -3.78. The fourth-order valence-electron chi connectivity index (χ4n) is 3.77. The van der Waals surface area contributed by atoms with Crippen LogP contribution in [0.1, 0.15) is 24.0 Å². The Bertz CT molecular complexity index is 1210. The molecular formula is C21H22FN3O3S2. The molecule has 0 saturated carbocycles. The highest BCUT2D eigenvalue weighted by molar-refractivity contribution is 7.89. The van der Waals surface area contributed by atoms with E-state index < -0.39 is 21.8 Å². The first-order chi connectivity index (χ1) is 14.2. The summed E-state index contributed by atoms with van der Waals surface area (Å²) in [4.78, 5) is 17.4. The summed E-state index contributed by atoms with van der Waals surface area (Å²) in [6.07, 6.45) is 1.18. The predicted molar refractivity (Wildman–Crippen MR) is 116 cm³/mol. The summed E-state index contributed by atoms with van der Waals surface area (Å²) in [5.41, 5.74) is 3.06. The molecule has 9 heteroatoms. The molecule has 30 heavy (non-hydrogen) atoms. The van der Waals surface area contributed by atoms with Crippen molar-refractivity contribution in [3.63, 3.8) is 0 Å². The Morgan fingerprint density at radius 3 is 2.70 bits per heavy atom. The predicted octanol–water partition coefficient (Wildman–Crippen LogP) is 4.09. The number of rotatable bonds is 4. The SMILES string of the molecule is Cc1cc(C)c2sc(NC(=O)C3CCCN(S(=O)(=O)c4ccc(F)cc4)C3)nc2c1. The molecule has 1 atom stereocenters. The smallest absolute Gasteiger partial charge is 0.243 e. The maximum atomic E-state index is 13.1. The van der Waals surface area contributed by atoms with Gasteiger partial charge in [-0.05, 0) is 68.1 Å². The topological polar surface area (TPSA) is 79.4 Å². The summed E-state index contributed by atoms with van der Waals surface area (Å²) in [6, 6.07) is 8.80. The summed E-state index contributed by atoms with van der Waals surface area (Å²) in [6.45, 7) is 4.44. The molecule has 2 aromatic carbocycles. The van der Waals surface area contributed by atoms with Gasteiger partial charge in [-0.25, -0.2) is 17.8 Å². The van der Waals surface area contributed by atoms with Crippen molar-refractivity contribution in [3.8, 4) is 0 Å². The molecule has 0 aliphatic carbocycles. The Kier molecular flexibility index (Phi) is 5.61. The highest BCUT2D eigenvalue weighted by Crippen LogP contribution is 2.31. The van der Waals surface area contributed by atoms with Crippen LogP contribution in [0.5, 0.6) is 0 Å². The Morgan fingerprint density at radius 2 is 1.97 bits per heavy atom. The summed E-state index contributed by atoms with van der Waals surface area (Å²) in [7, 11) is -3.78. The van der Waals surface area contributed by atoms with Crippen molar-refractivity contribution < 1.29 is 17.6 Å². The van der Waals surface area contributed by atoms with E-state index in [-0.39, 0.29) is 17.3 Å². The summed E-state index contributed by atoms with van der Waals surface area (Å²) in [5.74, 6) is -1.20. The number of amides is 1. The summed E-state index contributed by atoms with van der Waals surface area (Å²) in [5, 5.41) is 3.38. The molecule has 0 bridgehead atoms. The van der Waals surface area contributed by atoms with Crippen LogP contribution in [0.4, 0.5) is 9.52 Å². The van der Waals surface area contributed by atoms with Crippen LogP contribution in [0.3, 0.4) is 0 Å². The molecule has 2 heterocycles. The van der Waals surface area contributed by atoms with Crippen molar-refractivity contribution in [1.29, 1.82) is 0 Å². The number of carbonyl (C=O) groups is 1. The number of aromatic nitrogens is 1. The molecule has 1 saturated heterocycles. The summed E-state index contributed by atoms with van der Waals surface area (Å²) >= 11 is 1.42. The molecule has 4 rings (SSSR count). The second-order valence-corrected chi connectivity index (χ2v) is 10.5. The molecule has 1 unspecified atom stereocenters. The monoisotopic (exact) mass is 447 g/mol. The molecule has 1 fully saturated rings. The lowest BCUT2D eigenvalue weighted by Gasteiger charge is -2.31.